The third kappa shape index (κ3) is 3.64. The SMILES string of the molecule is Fc1cc(Nc2ncnc3c2CCCC3)ccc1Sc1ccncc1. The van der Waals surface area contributed by atoms with Crippen molar-refractivity contribution in [3.8, 4) is 0 Å². The molecule has 0 aliphatic heterocycles. The third-order valence-electron chi connectivity index (χ3n) is 4.20. The molecule has 3 aromatic rings. The first-order valence-corrected chi connectivity index (χ1v) is 9.08. The number of nitrogens with zero attached hydrogens (tertiary/aromatic N) is 3. The molecule has 4 nitrogen and oxygen atoms in total. The zero-order valence-corrected chi connectivity index (χ0v) is 14.4. The van der Waals surface area contributed by atoms with Gasteiger partial charge < -0.3 is 5.32 Å². The van der Waals surface area contributed by atoms with Gasteiger partial charge in [-0.3, -0.25) is 4.98 Å². The average Bonchev–Trinajstić information content (AvgIpc) is 2.65. The number of aromatic nitrogens is 3. The van der Waals surface area contributed by atoms with Gasteiger partial charge in [-0.25, -0.2) is 14.4 Å². The van der Waals surface area contributed by atoms with Crippen LogP contribution in [0.3, 0.4) is 0 Å². The van der Waals surface area contributed by atoms with E-state index in [2.05, 4.69) is 20.3 Å². The second kappa shape index (κ2) is 7.19. The van der Waals surface area contributed by atoms with Crippen LogP contribution in [0.2, 0.25) is 0 Å². The molecule has 1 aliphatic rings. The molecule has 1 N–H and O–H groups in total. The van der Waals surface area contributed by atoms with E-state index in [9.17, 15) is 4.39 Å². The number of fused-ring (bicyclic) bond motifs is 1. The van der Waals surface area contributed by atoms with Gasteiger partial charge >= 0.3 is 0 Å². The van der Waals surface area contributed by atoms with Crippen LogP contribution >= 0.6 is 11.8 Å². The lowest BCUT2D eigenvalue weighted by Crippen LogP contribution is -2.10. The summed E-state index contributed by atoms with van der Waals surface area (Å²) in [5.74, 6) is 0.536. The standard InChI is InChI=1S/C19H17FN4S/c20-16-11-13(5-6-18(16)25-14-7-9-21-10-8-14)24-19-15-3-1-2-4-17(15)22-12-23-19/h5-12H,1-4H2,(H,22,23,24). The van der Waals surface area contributed by atoms with Gasteiger partial charge in [-0.1, -0.05) is 11.8 Å². The van der Waals surface area contributed by atoms with Gasteiger partial charge in [0.2, 0.25) is 0 Å². The highest BCUT2D eigenvalue weighted by Gasteiger charge is 2.16. The molecule has 25 heavy (non-hydrogen) atoms. The zero-order chi connectivity index (χ0) is 17.1. The highest BCUT2D eigenvalue weighted by atomic mass is 32.2. The maximum absolute atomic E-state index is 14.5. The van der Waals surface area contributed by atoms with Crippen LogP contribution in [0, 0.1) is 5.82 Å². The number of benzene rings is 1. The van der Waals surface area contributed by atoms with Crippen LogP contribution in [-0.4, -0.2) is 15.0 Å². The number of hydrogen-bond acceptors (Lipinski definition) is 5. The Hall–Kier alpha value is -2.47. The number of nitrogens with one attached hydrogen (secondary N) is 1. The Balaban J connectivity index is 1.55. The van der Waals surface area contributed by atoms with Crippen LogP contribution in [0.4, 0.5) is 15.9 Å². The van der Waals surface area contributed by atoms with Crippen LogP contribution in [0.25, 0.3) is 0 Å². The van der Waals surface area contributed by atoms with Crippen molar-refractivity contribution in [3.05, 3.63) is 66.1 Å². The van der Waals surface area contributed by atoms with Crippen molar-refractivity contribution in [2.45, 2.75) is 35.5 Å². The maximum Gasteiger partial charge on any atom is 0.139 e. The number of aryl methyl sites for hydroxylation is 1. The lowest BCUT2D eigenvalue weighted by molar-refractivity contribution is 0.602. The van der Waals surface area contributed by atoms with Gasteiger partial charge in [0.15, 0.2) is 0 Å². The summed E-state index contributed by atoms with van der Waals surface area (Å²) in [4.78, 5) is 14.2. The van der Waals surface area contributed by atoms with E-state index >= 15 is 0 Å². The largest absolute Gasteiger partial charge is 0.340 e. The van der Waals surface area contributed by atoms with Crippen LogP contribution < -0.4 is 5.32 Å². The van der Waals surface area contributed by atoms with Crippen molar-refractivity contribution in [2.24, 2.45) is 0 Å². The summed E-state index contributed by atoms with van der Waals surface area (Å²) >= 11 is 1.38. The van der Waals surface area contributed by atoms with Crippen molar-refractivity contribution in [3.63, 3.8) is 0 Å². The number of anilines is 2. The quantitative estimate of drug-likeness (QED) is 0.732. The normalized spacial score (nSPS) is 13.3. The molecule has 0 bridgehead atoms. The van der Waals surface area contributed by atoms with E-state index in [1.165, 1.54) is 24.2 Å². The fourth-order valence-corrected chi connectivity index (χ4v) is 3.76. The Morgan fingerprint density at radius 3 is 2.68 bits per heavy atom. The van der Waals surface area contributed by atoms with E-state index in [-0.39, 0.29) is 5.82 Å². The highest BCUT2D eigenvalue weighted by Crippen LogP contribution is 2.32. The molecule has 0 amide bonds. The predicted octanol–water partition coefficient (Wildman–Crippen LogP) is 4.78. The van der Waals surface area contributed by atoms with E-state index in [4.69, 9.17) is 0 Å². The van der Waals surface area contributed by atoms with Crippen molar-refractivity contribution in [1.29, 1.82) is 0 Å². The molecule has 0 saturated carbocycles. The first-order valence-electron chi connectivity index (χ1n) is 8.27. The van der Waals surface area contributed by atoms with Gasteiger partial charge in [-0.05, 0) is 56.0 Å². The molecule has 0 atom stereocenters. The Morgan fingerprint density at radius 2 is 1.84 bits per heavy atom. The highest BCUT2D eigenvalue weighted by molar-refractivity contribution is 7.99. The topological polar surface area (TPSA) is 50.7 Å². The van der Waals surface area contributed by atoms with Crippen LogP contribution in [0.1, 0.15) is 24.1 Å². The summed E-state index contributed by atoms with van der Waals surface area (Å²) in [6.07, 6.45) is 9.25. The number of hydrogen-bond donors (Lipinski definition) is 1. The number of halogens is 1. The average molecular weight is 352 g/mol. The molecule has 4 rings (SSSR count). The first kappa shape index (κ1) is 16.0. The third-order valence-corrected chi connectivity index (χ3v) is 5.26. The van der Waals surface area contributed by atoms with Crippen molar-refractivity contribution < 1.29 is 4.39 Å². The maximum atomic E-state index is 14.5. The van der Waals surface area contributed by atoms with E-state index < -0.39 is 0 Å². The fraction of sp³-hybridized carbons (Fsp3) is 0.211. The van der Waals surface area contributed by atoms with Gasteiger partial charge in [0, 0.05) is 39.1 Å². The molecule has 0 radical (unpaired) electrons. The molecular formula is C19H17FN4S. The molecule has 6 heteroatoms. The predicted molar refractivity (Wildman–Crippen MR) is 96.7 cm³/mol. The van der Waals surface area contributed by atoms with Gasteiger partial charge in [0.25, 0.3) is 0 Å². The molecule has 0 saturated heterocycles. The Bertz CT molecular complexity index is 886. The van der Waals surface area contributed by atoms with Crippen molar-refractivity contribution >= 4 is 23.3 Å². The molecule has 1 aromatic carbocycles. The Morgan fingerprint density at radius 1 is 1.00 bits per heavy atom. The second-order valence-corrected chi connectivity index (χ2v) is 7.03. The lowest BCUT2D eigenvalue weighted by atomic mass is 9.96. The molecule has 2 heterocycles. The lowest BCUT2D eigenvalue weighted by Gasteiger charge is -2.18. The van der Waals surface area contributed by atoms with Gasteiger partial charge in [-0.2, -0.15) is 0 Å². The Labute approximate surface area is 149 Å². The minimum Gasteiger partial charge on any atom is -0.340 e. The van der Waals surface area contributed by atoms with E-state index in [0.717, 1.165) is 41.2 Å². The summed E-state index contributed by atoms with van der Waals surface area (Å²) in [7, 11) is 0. The molecule has 0 spiro atoms. The summed E-state index contributed by atoms with van der Waals surface area (Å²) in [5, 5.41) is 3.25. The summed E-state index contributed by atoms with van der Waals surface area (Å²) in [5.41, 5.74) is 2.96. The van der Waals surface area contributed by atoms with Gasteiger partial charge in [0.1, 0.15) is 18.0 Å². The molecule has 0 fully saturated rings. The number of pyridine rings is 1. The zero-order valence-electron chi connectivity index (χ0n) is 13.6. The summed E-state index contributed by atoms with van der Waals surface area (Å²) in [6, 6.07) is 8.91. The van der Waals surface area contributed by atoms with E-state index in [1.807, 2.05) is 18.2 Å². The summed E-state index contributed by atoms with van der Waals surface area (Å²) in [6.45, 7) is 0. The molecule has 126 valence electrons. The van der Waals surface area contributed by atoms with Crippen molar-refractivity contribution in [2.75, 3.05) is 5.32 Å². The number of rotatable bonds is 4. The first-order chi connectivity index (χ1) is 12.3. The van der Waals surface area contributed by atoms with E-state index in [0.29, 0.717) is 10.6 Å². The fourth-order valence-electron chi connectivity index (χ4n) is 2.96. The minimum absolute atomic E-state index is 0.255. The molecule has 0 unspecified atom stereocenters. The Kier molecular flexibility index (Phi) is 4.61. The molecular weight excluding hydrogens is 335 g/mol. The van der Waals surface area contributed by atoms with Gasteiger partial charge in [-0.15, -0.1) is 0 Å². The van der Waals surface area contributed by atoms with Crippen molar-refractivity contribution in [1.82, 2.24) is 15.0 Å². The van der Waals surface area contributed by atoms with Crippen LogP contribution in [-0.2, 0) is 12.8 Å². The smallest absolute Gasteiger partial charge is 0.139 e. The molecule has 2 aromatic heterocycles. The van der Waals surface area contributed by atoms with Gasteiger partial charge in [0.05, 0.1) is 0 Å². The minimum atomic E-state index is -0.255. The summed E-state index contributed by atoms with van der Waals surface area (Å²) < 4.78 is 14.5. The van der Waals surface area contributed by atoms with Crippen LogP contribution in [0.5, 0.6) is 0 Å². The molecule has 1 aliphatic carbocycles. The monoisotopic (exact) mass is 352 g/mol. The van der Waals surface area contributed by atoms with E-state index in [1.54, 1.807) is 24.8 Å². The second-order valence-electron chi connectivity index (χ2n) is 5.91. The van der Waals surface area contributed by atoms with Crippen LogP contribution in [0.15, 0.2) is 58.8 Å².